The van der Waals surface area contributed by atoms with Crippen molar-refractivity contribution in [2.75, 3.05) is 19.7 Å². The van der Waals surface area contributed by atoms with Gasteiger partial charge in [-0.1, -0.05) is 18.2 Å². The lowest BCUT2D eigenvalue weighted by Gasteiger charge is -2.12. The van der Waals surface area contributed by atoms with E-state index in [0.717, 1.165) is 49.3 Å². The quantitative estimate of drug-likeness (QED) is 0.456. The second kappa shape index (κ2) is 8.33. The van der Waals surface area contributed by atoms with Gasteiger partial charge in [0.15, 0.2) is 11.8 Å². The highest BCUT2D eigenvalue weighted by atomic mass is 16.5. The highest BCUT2D eigenvalue weighted by Gasteiger charge is 2.16. The van der Waals surface area contributed by atoms with Gasteiger partial charge in [0.2, 0.25) is 0 Å². The van der Waals surface area contributed by atoms with Crippen LogP contribution in [0.5, 0.6) is 5.75 Å². The van der Waals surface area contributed by atoms with Crippen molar-refractivity contribution < 1.29 is 4.74 Å². The molecule has 0 aliphatic carbocycles. The van der Waals surface area contributed by atoms with Crippen molar-refractivity contribution in [2.45, 2.75) is 32.9 Å². The van der Waals surface area contributed by atoms with Crippen molar-refractivity contribution in [2.24, 2.45) is 4.99 Å². The maximum atomic E-state index is 5.67. The van der Waals surface area contributed by atoms with E-state index in [0.29, 0.717) is 19.7 Å². The van der Waals surface area contributed by atoms with Gasteiger partial charge in [0.25, 0.3) is 0 Å². The maximum absolute atomic E-state index is 5.67. The fourth-order valence-electron chi connectivity index (χ4n) is 2.67. The molecule has 7 nitrogen and oxygen atoms in total. The molecule has 24 heavy (non-hydrogen) atoms. The zero-order chi connectivity index (χ0) is 16.6. The monoisotopic (exact) mass is 328 g/mol. The minimum atomic E-state index is 0.530. The average Bonchev–Trinajstić information content (AvgIpc) is 3.21. The summed E-state index contributed by atoms with van der Waals surface area (Å²) in [5, 5.41) is 15.0. The third-order valence-electron chi connectivity index (χ3n) is 3.82. The maximum Gasteiger partial charge on any atom is 0.191 e. The summed E-state index contributed by atoms with van der Waals surface area (Å²) in [5.41, 5.74) is 0. The van der Waals surface area contributed by atoms with E-state index in [9.17, 15) is 0 Å². The number of fused-ring (bicyclic) bond motifs is 1. The molecule has 0 amide bonds. The largest absolute Gasteiger partial charge is 0.492 e. The van der Waals surface area contributed by atoms with Gasteiger partial charge >= 0.3 is 0 Å². The molecule has 128 valence electrons. The SMILES string of the molecule is CCNC(=NCc1nnc2n1CCC2)NCCOc1ccccc1. The van der Waals surface area contributed by atoms with E-state index in [1.165, 1.54) is 0 Å². The van der Waals surface area contributed by atoms with Crippen LogP contribution in [0.4, 0.5) is 0 Å². The van der Waals surface area contributed by atoms with E-state index in [4.69, 9.17) is 4.74 Å². The van der Waals surface area contributed by atoms with E-state index in [1.807, 2.05) is 37.3 Å². The summed E-state index contributed by atoms with van der Waals surface area (Å²) in [6.45, 7) is 5.65. The number of hydrogen-bond acceptors (Lipinski definition) is 4. The number of nitrogens with zero attached hydrogens (tertiary/aromatic N) is 4. The minimum Gasteiger partial charge on any atom is -0.492 e. The lowest BCUT2D eigenvalue weighted by atomic mass is 10.3. The molecular formula is C17H24N6O. The van der Waals surface area contributed by atoms with Crippen LogP contribution < -0.4 is 15.4 Å². The summed E-state index contributed by atoms with van der Waals surface area (Å²) in [6, 6.07) is 9.80. The number of aliphatic imine (C=N–C) groups is 1. The van der Waals surface area contributed by atoms with Crippen molar-refractivity contribution in [3.63, 3.8) is 0 Å². The summed E-state index contributed by atoms with van der Waals surface area (Å²) in [4.78, 5) is 4.59. The number of aryl methyl sites for hydroxylation is 1. The zero-order valence-electron chi connectivity index (χ0n) is 14.0. The Morgan fingerprint density at radius 3 is 2.96 bits per heavy atom. The Morgan fingerprint density at radius 1 is 1.25 bits per heavy atom. The number of para-hydroxylation sites is 1. The minimum absolute atomic E-state index is 0.530. The second-order valence-corrected chi connectivity index (χ2v) is 5.57. The Labute approximate surface area is 142 Å². The molecule has 0 saturated carbocycles. The molecule has 0 bridgehead atoms. The smallest absolute Gasteiger partial charge is 0.191 e. The number of rotatable bonds is 7. The second-order valence-electron chi connectivity index (χ2n) is 5.57. The molecule has 2 heterocycles. The third-order valence-corrected chi connectivity index (χ3v) is 3.82. The Morgan fingerprint density at radius 2 is 2.12 bits per heavy atom. The molecule has 3 rings (SSSR count). The van der Waals surface area contributed by atoms with E-state index >= 15 is 0 Å². The molecule has 1 aliphatic rings. The molecule has 7 heteroatoms. The molecular weight excluding hydrogens is 304 g/mol. The number of aromatic nitrogens is 3. The van der Waals surface area contributed by atoms with Crippen molar-refractivity contribution in [1.29, 1.82) is 0 Å². The van der Waals surface area contributed by atoms with Gasteiger partial charge in [-0.2, -0.15) is 0 Å². The Bertz CT molecular complexity index is 667. The molecule has 1 aromatic heterocycles. The summed E-state index contributed by atoms with van der Waals surface area (Å²) >= 11 is 0. The van der Waals surface area contributed by atoms with Crippen LogP contribution in [-0.2, 0) is 19.5 Å². The van der Waals surface area contributed by atoms with Gasteiger partial charge in [0, 0.05) is 19.5 Å². The van der Waals surface area contributed by atoms with Crippen molar-refractivity contribution in [3.05, 3.63) is 42.0 Å². The van der Waals surface area contributed by atoms with Crippen molar-refractivity contribution >= 4 is 5.96 Å². The Balaban J connectivity index is 1.48. The van der Waals surface area contributed by atoms with Gasteiger partial charge in [-0.15, -0.1) is 10.2 Å². The summed E-state index contributed by atoms with van der Waals surface area (Å²) < 4.78 is 7.85. The standard InChI is InChI=1S/C17H24N6O/c1-2-18-17(19-10-12-24-14-7-4-3-5-8-14)20-13-16-22-21-15-9-6-11-23(15)16/h3-5,7-8H,2,6,9-13H2,1H3,(H2,18,19,20). The van der Waals surface area contributed by atoms with Crippen LogP contribution in [0.3, 0.4) is 0 Å². The molecule has 0 unspecified atom stereocenters. The number of nitrogens with one attached hydrogen (secondary N) is 2. The highest BCUT2D eigenvalue weighted by Crippen LogP contribution is 2.14. The topological polar surface area (TPSA) is 76.4 Å². The molecule has 1 aromatic carbocycles. The van der Waals surface area contributed by atoms with E-state index in [1.54, 1.807) is 0 Å². The fourth-order valence-corrected chi connectivity index (χ4v) is 2.67. The predicted molar refractivity (Wildman–Crippen MR) is 93.1 cm³/mol. The molecule has 2 aromatic rings. The highest BCUT2D eigenvalue weighted by molar-refractivity contribution is 5.79. The van der Waals surface area contributed by atoms with Gasteiger partial charge in [-0.25, -0.2) is 4.99 Å². The molecule has 0 spiro atoms. The molecule has 1 aliphatic heterocycles. The summed E-state index contributed by atoms with van der Waals surface area (Å²) in [5.74, 6) is 3.65. The molecule has 0 saturated heterocycles. The van der Waals surface area contributed by atoms with Crippen LogP contribution in [0.2, 0.25) is 0 Å². The van der Waals surface area contributed by atoms with Crippen LogP contribution in [0, 0.1) is 0 Å². The van der Waals surface area contributed by atoms with Gasteiger partial charge in [-0.3, -0.25) is 0 Å². The number of benzene rings is 1. The first kappa shape index (κ1) is 16.3. The van der Waals surface area contributed by atoms with Crippen molar-refractivity contribution in [3.8, 4) is 5.75 Å². The van der Waals surface area contributed by atoms with E-state index in [2.05, 4.69) is 30.4 Å². The lowest BCUT2D eigenvalue weighted by molar-refractivity contribution is 0.322. The Kier molecular flexibility index (Phi) is 5.65. The van der Waals surface area contributed by atoms with Gasteiger partial charge in [0.05, 0.1) is 6.54 Å². The predicted octanol–water partition coefficient (Wildman–Crippen LogP) is 1.36. The number of ether oxygens (including phenoxy) is 1. The van der Waals surface area contributed by atoms with Crippen LogP contribution in [0.15, 0.2) is 35.3 Å². The average molecular weight is 328 g/mol. The van der Waals surface area contributed by atoms with Gasteiger partial charge < -0.3 is 19.9 Å². The van der Waals surface area contributed by atoms with Gasteiger partial charge in [-0.05, 0) is 25.5 Å². The third kappa shape index (κ3) is 4.24. The van der Waals surface area contributed by atoms with E-state index in [-0.39, 0.29) is 0 Å². The Hall–Kier alpha value is -2.57. The first-order valence-electron chi connectivity index (χ1n) is 8.48. The number of guanidine groups is 1. The van der Waals surface area contributed by atoms with Crippen LogP contribution in [0.25, 0.3) is 0 Å². The first-order valence-corrected chi connectivity index (χ1v) is 8.48. The van der Waals surface area contributed by atoms with Gasteiger partial charge in [0.1, 0.15) is 24.7 Å². The molecule has 0 fully saturated rings. The first-order chi connectivity index (χ1) is 11.9. The van der Waals surface area contributed by atoms with Crippen LogP contribution in [-0.4, -0.2) is 40.4 Å². The summed E-state index contributed by atoms with van der Waals surface area (Å²) in [7, 11) is 0. The summed E-state index contributed by atoms with van der Waals surface area (Å²) in [6.07, 6.45) is 2.17. The van der Waals surface area contributed by atoms with Crippen LogP contribution >= 0.6 is 0 Å². The zero-order valence-corrected chi connectivity index (χ0v) is 14.0. The molecule has 0 radical (unpaired) electrons. The van der Waals surface area contributed by atoms with E-state index < -0.39 is 0 Å². The van der Waals surface area contributed by atoms with Crippen molar-refractivity contribution in [1.82, 2.24) is 25.4 Å². The van der Waals surface area contributed by atoms with Crippen LogP contribution in [0.1, 0.15) is 25.0 Å². The fraction of sp³-hybridized carbons (Fsp3) is 0.471. The lowest BCUT2D eigenvalue weighted by Crippen LogP contribution is -2.39. The molecule has 0 atom stereocenters. The molecule has 2 N–H and O–H groups in total. The normalized spacial score (nSPS) is 13.6. The number of hydrogen-bond donors (Lipinski definition) is 2.